The van der Waals surface area contributed by atoms with E-state index in [1.165, 1.54) is 21.1 Å². The van der Waals surface area contributed by atoms with E-state index in [-0.39, 0.29) is 0 Å². The van der Waals surface area contributed by atoms with E-state index in [4.69, 9.17) is 15.0 Å². The van der Waals surface area contributed by atoms with Gasteiger partial charge in [-0.3, -0.25) is 9.13 Å². The molecule has 0 saturated heterocycles. The Hall–Kier alpha value is -7.61. The van der Waals surface area contributed by atoms with Gasteiger partial charge in [-0.15, -0.1) is 0 Å². The van der Waals surface area contributed by atoms with Gasteiger partial charge in [-0.25, -0.2) is 15.0 Å². The largest absolute Gasteiger partial charge is 0.339 e. The Kier molecular flexibility index (Phi) is 7.15. The lowest BCUT2D eigenvalue weighted by molar-refractivity contribution is 1.10. The molecule has 0 aliphatic carbocycles. The number of para-hydroxylation sites is 8. The zero-order valence-corrected chi connectivity index (χ0v) is 32.3. The van der Waals surface area contributed by atoms with E-state index in [9.17, 15) is 0 Å². The van der Waals surface area contributed by atoms with Crippen molar-refractivity contribution in [1.82, 2.24) is 28.3 Å². The normalized spacial score (nSPS) is 13.0. The van der Waals surface area contributed by atoms with Gasteiger partial charge in [0.05, 0.1) is 33.1 Å². The lowest BCUT2D eigenvalue weighted by Crippen LogP contribution is -2.70. The van der Waals surface area contributed by atoms with Crippen LogP contribution in [-0.2, 0) is 0 Å². The summed E-state index contributed by atoms with van der Waals surface area (Å²) in [5, 5.41) is 3.81. The molecule has 58 heavy (non-hydrogen) atoms. The summed E-state index contributed by atoms with van der Waals surface area (Å²) in [6.07, 6.45) is 0. The lowest BCUT2D eigenvalue weighted by atomic mass is 10.2. The van der Waals surface area contributed by atoms with Gasteiger partial charge in [-0.05, 0) is 88.4 Å². The van der Waals surface area contributed by atoms with Crippen LogP contribution in [0.2, 0.25) is 0 Å². The summed E-state index contributed by atoms with van der Waals surface area (Å²) < 4.78 is 7.18. The van der Waals surface area contributed by atoms with E-state index in [1.54, 1.807) is 0 Å². The van der Waals surface area contributed by atoms with Crippen LogP contribution in [0, 0.1) is 0 Å². The van der Waals surface area contributed by atoms with Crippen LogP contribution in [0.4, 0.5) is 0 Å². The van der Waals surface area contributed by atoms with E-state index >= 15 is 0 Å². The molecule has 0 saturated carbocycles. The first-order valence-electron chi connectivity index (χ1n) is 19.6. The first-order chi connectivity index (χ1) is 28.8. The second-order valence-electron chi connectivity index (χ2n) is 14.9. The summed E-state index contributed by atoms with van der Waals surface area (Å²) in [6, 6.07) is 73.7. The SMILES string of the molecule is c1ccc(-n2c(-c3cccc([Si]4(c5cccc(-c6nc7ccccc7n6-c6ccccc6)c5)c5ccccc5-c5nc6ccccc6n54)c3)nc3ccccc32)cc1. The Morgan fingerprint density at radius 1 is 0.345 bits per heavy atom. The van der Waals surface area contributed by atoms with Gasteiger partial charge in [0.2, 0.25) is 0 Å². The molecular weight excluding hydrogens is 725 g/mol. The summed E-state index contributed by atoms with van der Waals surface area (Å²) in [7, 11) is -3.16. The minimum Gasteiger partial charge on any atom is -0.339 e. The van der Waals surface area contributed by atoms with Crippen molar-refractivity contribution >= 4 is 56.9 Å². The van der Waals surface area contributed by atoms with Gasteiger partial charge in [0.15, 0.2) is 0 Å². The Morgan fingerprint density at radius 3 is 1.33 bits per heavy atom. The molecule has 0 amide bonds. The van der Waals surface area contributed by atoms with Crippen molar-refractivity contribution in [2.24, 2.45) is 0 Å². The van der Waals surface area contributed by atoms with Gasteiger partial charge in [-0.2, -0.15) is 0 Å². The van der Waals surface area contributed by atoms with E-state index in [0.29, 0.717) is 0 Å². The van der Waals surface area contributed by atoms with Gasteiger partial charge in [-0.1, -0.05) is 133 Å². The van der Waals surface area contributed by atoms with E-state index in [0.717, 1.165) is 73.1 Å². The zero-order valence-electron chi connectivity index (χ0n) is 31.3. The van der Waals surface area contributed by atoms with Crippen LogP contribution in [0.3, 0.4) is 0 Å². The highest BCUT2D eigenvalue weighted by molar-refractivity contribution is 7.12. The van der Waals surface area contributed by atoms with Crippen molar-refractivity contribution in [2.45, 2.75) is 0 Å². The summed E-state index contributed by atoms with van der Waals surface area (Å²) in [5.74, 6) is 2.82. The van der Waals surface area contributed by atoms with Crippen LogP contribution in [-0.4, -0.2) is 36.6 Å². The summed E-state index contributed by atoms with van der Waals surface area (Å²) in [6.45, 7) is 0. The fourth-order valence-electron chi connectivity index (χ4n) is 9.28. The molecule has 3 aromatic heterocycles. The van der Waals surface area contributed by atoms with Crippen molar-refractivity contribution in [3.63, 3.8) is 0 Å². The number of fused-ring (bicyclic) bond motifs is 7. The van der Waals surface area contributed by atoms with Crippen molar-refractivity contribution in [3.8, 4) is 45.5 Å². The molecule has 1 aliphatic rings. The highest BCUT2D eigenvalue weighted by Crippen LogP contribution is 2.37. The number of aromatic nitrogens is 6. The van der Waals surface area contributed by atoms with Crippen LogP contribution >= 0.6 is 0 Å². The Balaban J connectivity index is 1.16. The minimum atomic E-state index is -3.16. The molecule has 0 N–H and O–H groups in total. The predicted octanol–water partition coefficient (Wildman–Crippen LogP) is 9.54. The highest BCUT2D eigenvalue weighted by atomic mass is 28.3. The maximum atomic E-state index is 5.37. The van der Waals surface area contributed by atoms with Crippen molar-refractivity contribution in [1.29, 1.82) is 0 Å². The molecule has 11 aromatic rings. The fraction of sp³-hybridized carbons (Fsp3) is 0. The quantitative estimate of drug-likeness (QED) is 0.159. The first-order valence-corrected chi connectivity index (χ1v) is 21.6. The first kappa shape index (κ1) is 32.6. The molecular formula is C51H34N6Si. The molecule has 8 aromatic carbocycles. The molecule has 0 radical (unpaired) electrons. The van der Waals surface area contributed by atoms with E-state index in [1.807, 2.05) is 0 Å². The number of rotatable bonds is 6. The molecule has 0 fully saturated rings. The van der Waals surface area contributed by atoms with Gasteiger partial charge < -0.3 is 4.23 Å². The molecule has 12 rings (SSSR count). The molecule has 0 bridgehead atoms. The predicted molar refractivity (Wildman–Crippen MR) is 238 cm³/mol. The van der Waals surface area contributed by atoms with Crippen molar-refractivity contribution < 1.29 is 0 Å². The van der Waals surface area contributed by atoms with Gasteiger partial charge >= 0.3 is 0 Å². The van der Waals surface area contributed by atoms with Crippen LogP contribution in [0.5, 0.6) is 0 Å². The van der Waals surface area contributed by atoms with E-state index in [2.05, 4.69) is 220 Å². The summed E-state index contributed by atoms with van der Waals surface area (Å²) in [4.78, 5) is 16.0. The molecule has 0 spiro atoms. The third-order valence-corrected chi connectivity index (χ3v) is 16.3. The molecule has 0 atom stereocenters. The molecule has 272 valence electrons. The molecule has 7 heteroatoms. The van der Waals surface area contributed by atoms with Gasteiger partial charge in [0.1, 0.15) is 17.5 Å². The molecule has 0 unspecified atom stereocenters. The maximum absolute atomic E-state index is 5.37. The average Bonchev–Trinajstić information content (AvgIpc) is 4.06. The van der Waals surface area contributed by atoms with Crippen LogP contribution in [0.15, 0.2) is 206 Å². The maximum Gasteiger partial charge on any atom is 0.259 e. The second kappa shape index (κ2) is 12.7. The van der Waals surface area contributed by atoms with Crippen LogP contribution in [0.25, 0.3) is 78.6 Å². The monoisotopic (exact) mass is 758 g/mol. The third kappa shape index (κ3) is 4.68. The Labute approximate surface area is 335 Å². The third-order valence-electron chi connectivity index (χ3n) is 11.7. The highest BCUT2D eigenvalue weighted by Gasteiger charge is 2.51. The number of imidazole rings is 3. The van der Waals surface area contributed by atoms with Crippen molar-refractivity contribution in [3.05, 3.63) is 206 Å². The summed E-state index contributed by atoms with van der Waals surface area (Å²) >= 11 is 0. The zero-order chi connectivity index (χ0) is 38.2. The number of hydrogen-bond acceptors (Lipinski definition) is 3. The molecule has 6 nitrogen and oxygen atoms in total. The van der Waals surface area contributed by atoms with Crippen LogP contribution < -0.4 is 15.6 Å². The standard InChI is InChI=1S/C51H34N6Si/c1-3-19-37(20-4-1)55-45-29-11-8-26-42(45)52-49(55)35-17-15-23-39(33-35)58(48-32-14-7-25-41(48)51-54-44-28-10-13-31-47(44)57(51)58)40-24-16-18-36(34-40)50-53-43-27-9-12-30-46(43)56(50)38-21-5-2-6-22-38/h1-34H. The Bertz CT molecular complexity index is 3200. The van der Waals surface area contributed by atoms with Crippen LogP contribution in [0.1, 0.15) is 0 Å². The average molecular weight is 759 g/mol. The number of hydrogen-bond donors (Lipinski definition) is 0. The fourth-order valence-corrected chi connectivity index (χ4v) is 14.4. The van der Waals surface area contributed by atoms with Gasteiger partial charge in [0.25, 0.3) is 8.24 Å². The Morgan fingerprint density at radius 2 is 0.776 bits per heavy atom. The molecule has 1 aliphatic heterocycles. The van der Waals surface area contributed by atoms with Crippen molar-refractivity contribution in [2.75, 3.05) is 0 Å². The van der Waals surface area contributed by atoms with Gasteiger partial charge in [0, 0.05) is 28.1 Å². The second-order valence-corrected chi connectivity index (χ2v) is 18.4. The number of benzene rings is 8. The summed E-state index contributed by atoms with van der Waals surface area (Å²) in [5.41, 5.74) is 11.6. The van der Waals surface area contributed by atoms with E-state index < -0.39 is 8.24 Å². The minimum absolute atomic E-state index is 0.908. The topological polar surface area (TPSA) is 53.5 Å². The lowest BCUT2D eigenvalue weighted by Gasteiger charge is -2.32. The smallest absolute Gasteiger partial charge is 0.259 e. The number of nitrogens with zero attached hydrogens (tertiary/aromatic N) is 6. The molecule has 4 heterocycles.